The summed E-state index contributed by atoms with van der Waals surface area (Å²) in [7, 11) is 0. The van der Waals surface area contributed by atoms with E-state index in [0.717, 1.165) is 25.7 Å². The summed E-state index contributed by atoms with van der Waals surface area (Å²) in [5, 5.41) is 30.7. The highest BCUT2D eigenvalue weighted by atomic mass is 16.4. The first-order valence-electron chi connectivity index (χ1n) is 15.7. The molecule has 0 aromatic heterocycles. The molecule has 206 valence electrons. The smallest absolute Gasteiger partial charge is 0.106 e. The Morgan fingerprint density at radius 2 is 0.529 bits per heavy atom. The quantitative estimate of drug-likeness (QED) is 0.0969. The third-order valence-corrected chi connectivity index (χ3v) is 7.50. The van der Waals surface area contributed by atoms with Gasteiger partial charge in [-0.1, -0.05) is 168 Å². The van der Waals surface area contributed by atoms with E-state index in [1.165, 1.54) is 128 Å². The molecule has 0 heterocycles. The Kier molecular flexibility index (Phi) is 27.4. The van der Waals surface area contributed by atoms with Gasteiger partial charge >= 0.3 is 0 Å². The van der Waals surface area contributed by atoms with Crippen LogP contribution >= 0.6 is 0 Å². The van der Waals surface area contributed by atoms with Gasteiger partial charge in [0, 0.05) is 0 Å². The number of unbranched alkanes of at least 4 members (excludes halogenated alkanes) is 22. The highest BCUT2D eigenvalue weighted by molar-refractivity contribution is 4.75. The van der Waals surface area contributed by atoms with Crippen LogP contribution in [0.4, 0.5) is 0 Å². The fourth-order valence-corrected chi connectivity index (χ4v) is 4.99. The summed E-state index contributed by atoms with van der Waals surface area (Å²) < 4.78 is 0. The van der Waals surface area contributed by atoms with Gasteiger partial charge in [0.05, 0.1) is 12.2 Å². The SMILES string of the molecule is CCCCCCCCCCCCCCC(O)C(O)C(O)CCCCCCCCCCCCCC. The molecular formula is C31H64O3. The minimum Gasteiger partial charge on any atom is -0.390 e. The fraction of sp³-hybridized carbons (Fsp3) is 1.00. The minimum atomic E-state index is -0.986. The normalized spacial score (nSPS) is 14.4. The van der Waals surface area contributed by atoms with E-state index >= 15 is 0 Å². The van der Waals surface area contributed by atoms with E-state index in [-0.39, 0.29) is 0 Å². The molecule has 0 fully saturated rings. The lowest BCUT2D eigenvalue weighted by Gasteiger charge is -2.23. The molecule has 2 atom stereocenters. The van der Waals surface area contributed by atoms with Crippen molar-refractivity contribution in [3.05, 3.63) is 0 Å². The summed E-state index contributed by atoms with van der Waals surface area (Å²) in [5.74, 6) is 0. The molecular weight excluding hydrogens is 420 g/mol. The molecule has 0 saturated heterocycles. The van der Waals surface area contributed by atoms with Crippen molar-refractivity contribution in [1.82, 2.24) is 0 Å². The molecule has 0 rings (SSSR count). The van der Waals surface area contributed by atoms with E-state index in [9.17, 15) is 15.3 Å². The van der Waals surface area contributed by atoms with E-state index < -0.39 is 18.3 Å². The first kappa shape index (κ1) is 33.9. The highest BCUT2D eigenvalue weighted by Crippen LogP contribution is 2.17. The lowest BCUT2D eigenvalue weighted by Crippen LogP contribution is -2.37. The Bertz CT molecular complexity index is 340. The zero-order valence-corrected chi connectivity index (χ0v) is 23.5. The Labute approximate surface area is 214 Å². The van der Waals surface area contributed by atoms with Crippen molar-refractivity contribution in [1.29, 1.82) is 0 Å². The molecule has 0 aliphatic rings. The topological polar surface area (TPSA) is 60.7 Å². The minimum absolute atomic E-state index is 0.605. The number of aliphatic hydroxyl groups excluding tert-OH is 3. The lowest BCUT2D eigenvalue weighted by molar-refractivity contribution is -0.0653. The van der Waals surface area contributed by atoms with Crippen molar-refractivity contribution >= 4 is 0 Å². The van der Waals surface area contributed by atoms with Crippen LogP contribution in [0.5, 0.6) is 0 Å². The molecule has 34 heavy (non-hydrogen) atoms. The second-order valence-corrected chi connectivity index (χ2v) is 11.0. The maximum Gasteiger partial charge on any atom is 0.106 e. The van der Waals surface area contributed by atoms with Crippen molar-refractivity contribution in [3.63, 3.8) is 0 Å². The molecule has 3 N–H and O–H groups in total. The van der Waals surface area contributed by atoms with Gasteiger partial charge in [0.25, 0.3) is 0 Å². The zero-order chi connectivity index (χ0) is 25.1. The van der Waals surface area contributed by atoms with Crippen LogP contribution in [-0.4, -0.2) is 33.6 Å². The Balaban J connectivity index is 3.44. The van der Waals surface area contributed by atoms with Crippen LogP contribution in [0.3, 0.4) is 0 Å². The predicted molar refractivity (Wildman–Crippen MR) is 149 cm³/mol. The molecule has 0 radical (unpaired) electrons. The summed E-state index contributed by atoms with van der Waals surface area (Å²) >= 11 is 0. The first-order chi connectivity index (χ1) is 16.6. The first-order valence-corrected chi connectivity index (χ1v) is 15.7. The fourth-order valence-electron chi connectivity index (χ4n) is 4.99. The van der Waals surface area contributed by atoms with Gasteiger partial charge in [-0.2, -0.15) is 0 Å². The van der Waals surface area contributed by atoms with E-state index in [1.807, 2.05) is 0 Å². The van der Waals surface area contributed by atoms with Gasteiger partial charge in [-0.15, -0.1) is 0 Å². The second-order valence-electron chi connectivity index (χ2n) is 11.0. The molecule has 0 aromatic rings. The van der Waals surface area contributed by atoms with E-state index in [2.05, 4.69) is 13.8 Å². The number of aliphatic hydroxyl groups is 3. The highest BCUT2D eigenvalue weighted by Gasteiger charge is 2.23. The van der Waals surface area contributed by atoms with E-state index in [1.54, 1.807) is 0 Å². The standard InChI is InChI=1S/C31H64O3/c1-3-5-7-9-11-13-15-17-19-21-23-25-27-29(32)31(34)30(33)28-26-24-22-20-18-16-14-12-10-8-6-4-2/h29-34H,3-28H2,1-2H3. The Hall–Kier alpha value is -0.120. The van der Waals surface area contributed by atoms with Crippen molar-refractivity contribution in [2.75, 3.05) is 0 Å². The van der Waals surface area contributed by atoms with Crippen LogP contribution in [0, 0.1) is 0 Å². The van der Waals surface area contributed by atoms with Crippen molar-refractivity contribution in [2.45, 2.75) is 199 Å². The van der Waals surface area contributed by atoms with Crippen molar-refractivity contribution in [3.8, 4) is 0 Å². The summed E-state index contributed by atoms with van der Waals surface area (Å²) in [6, 6.07) is 0. The molecule has 0 aromatic carbocycles. The summed E-state index contributed by atoms with van der Waals surface area (Å²) in [5.41, 5.74) is 0. The summed E-state index contributed by atoms with van der Waals surface area (Å²) in [6.45, 7) is 4.53. The van der Waals surface area contributed by atoms with E-state index in [4.69, 9.17) is 0 Å². The molecule has 0 aliphatic heterocycles. The average molecular weight is 485 g/mol. The third kappa shape index (κ3) is 23.6. The number of hydrogen-bond donors (Lipinski definition) is 3. The molecule has 0 saturated carbocycles. The molecule has 0 bridgehead atoms. The van der Waals surface area contributed by atoms with Crippen molar-refractivity contribution < 1.29 is 15.3 Å². The number of hydrogen-bond acceptors (Lipinski definition) is 3. The van der Waals surface area contributed by atoms with Gasteiger partial charge in [0.1, 0.15) is 6.10 Å². The molecule has 0 spiro atoms. The van der Waals surface area contributed by atoms with Gasteiger partial charge in [0.2, 0.25) is 0 Å². The third-order valence-electron chi connectivity index (χ3n) is 7.50. The Morgan fingerprint density at radius 1 is 0.324 bits per heavy atom. The molecule has 2 unspecified atom stereocenters. The number of rotatable bonds is 28. The summed E-state index contributed by atoms with van der Waals surface area (Å²) in [6.07, 6.45) is 29.8. The van der Waals surface area contributed by atoms with Crippen LogP contribution in [0.2, 0.25) is 0 Å². The maximum absolute atomic E-state index is 10.2. The van der Waals surface area contributed by atoms with Crippen LogP contribution in [0.15, 0.2) is 0 Å². The molecule has 0 amide bonds. The largest absolute Gasteiger partial charge is 0.390 e. The monoisotopic (exact) mass is 484 g/mol. The summed E-state index contributed by atoms with van der Waals surface area (Å²) in [4.78, 5) is 0. The predicted octanol–water partition coefficient (Wildman–Crippen LogP) is 9.25. The van der Waals surface area contributed by atoms with Crippen LogP contribution < -0.4 is 0 Å². The molecule has 3 heteroatoms. The van der Waals surface area contributed by atoms with Crippen LogP contribution in [0.25, 0.3) is 0 Å². The van der Waals surface area contributed by atoms with Crippen LogP contribution in [-0.2, 0) is 0 Å². The zero-order valence-electron chi connectivity index (χ0n) is 23.5. The van der Waals surface area contributed by atoms with E-state index in [0.29, 0.717) is 12.8 Å². The Morgan fingerprint density at radius 3 is 0.765 bits per heavy atom. The van der Waals surface area contributed by atoms with Gasteiger partial charge in [-0.3, -0.25) is 0 Å². The van der Waals surface area contributed by atoms with Gasteiger partial charge in [0.15, 0.2) is 0 Å². The average Bonchev–Trinajstić information content (AvgIpc) is 2.84. The lowest BCUT2D eigenvalue weighted by atomic mass is 9.97. The van der Waals surface area contributed by atoms with Gasteiger partial charge < -0.3 is 15.3 Å². The molecule has 0 aliphatic carbocycles. The van der Waals surface area contributed by atoms with Crippen LogP contribution in [0.1, 0.15) is 181 Å². The second kappa shape index (κ2) is 27.5. The van der Waals surface area contributed by atoms with Crippen molar-refractivity contribution in [2.24, 2.45) is 0 Å². The maximum atomic E-state index is 10.2. The molecule has 3 nitrogen and oxygen atoms in total. The van der Waals surface area contributed by atoms with Gasteiger partial charge in [-0.05, 0) is 12.8 Å². The van der Waals surface area contributed by atoms with Gasteiger partial charge in [-0.25, -0.2) is 0 Å².